The molecule has 0 atom stereocenters. The molecule has 0 radical (unpaired) electrons. The largest absolute Gasteiger partial charge is 0.368 e. The molecule has 0 unspecified atom stereocenters. The van der Waals surface area contributed by atoms with Crippen LogP contribution < -0.4 is 21.0 Å². The molecule has 1 aliphatic heterocycles. The van der Waals surface area contributed by atoms with E-state index in [1.807, 2.05) is 11.0 Å². The van der Waals surface area contributed by atoms with Crippen LogP contribution in [-0.4, -0.2) is 35.7 Å². The first-order chi connectivity index (χ1) is 11.5. The lowest BCUT2D eigenvalue weighted by atomic mass is 10.1. The Labute approximate surface area is 145 Å². The quantitative estimate of drug-likeness (QED) is 0.915. The van der Waals surface area contributed by atoms with Crippen molar-refractivity contribution in [2.75, 3.05) is 36.0 Å². The van der Waals surface area contributed by atoms with Crippen LogP contribution in [0.3, 0.4) is 0 Å². The van der Waals surface area contributed by atoms with Gasteiger partial charge in [0.25, 0.3) is 5.56 Å². The van der Waals surface area contributed by atoms with Gasteiger partial charge in [0.05, 0.1) is 0 Å². The van der Waals surface area contributed by atoms with Gasteiger partial charge in [-0.15, -0.1) is 0 Å². The summed E-state index contributed by atoms with van der Waals surface area (Å²) in [7, 11) is 1.46. The fourth-order valence-electron chi connectivity index (χ4n) is 2.94. The molecule has 0 amide bonds. The van der Waals surface area contributed by atoms with Crippen molar-refractivity contribution in [1.29, 1.82) is 0 Å². The molecular weight excluding hydrogens is 328 g/mol. The molecule has 1 fully saturated rings. The van der Waals surface area contributed by atoms with E-state index in [0.29, 0.717) is 5.82 Å². The molecule has 1 saturated heterocycles. The molecule has 128 valence electrons. The van der Waals surface area contributed by atoms with Crippen LogP contribution in [0.1, 0.15) is 12.5 Å². The van der Waals surface area contributed by atoms with E-state index in [4.69, 9.17) is 11.6 Å². The molecule has 7 heteroatoms. The first-order valence-corrected chi connectivity index (χ1v) is 8.46. The summed E-state index contributed by atoms with van der Waals surface area (Å²) in [6.07, 6.45) is 0.920. The lowest BCUT2D eigenvalue weighted by Crippen LogP contribution is -2.48. The van der Waals surface area contributed by atoms with E-state index >= 15 is 0 Å². The van der Waals surface area contributed by atoms with Crippen molar-refractivity contribution >= 4 is 23.1 Å². The Morgan fingerprint density at radius 2 is 1.75 bits per heavy atom. The number of hydrogen-bond donors (Lipinski definition) is 1. The Morgan fingerprint density at radius 3 is 2.33 bits per heavy atom. The number of halogens is 1. The molecule has 24 heavy (non-hydrogen) atoms. The van der Waals surface area contributed by atoms with E-state index in [9.17, 15) is 9.59 Å². The van der Waals surface area contributed by atoms with Crippen LogP contribution in [-0.2, 0) is 13.5 Å². The second kappa shape index (κ2) is 6.73. The van der Waals surface area contributed by atoms with E-state index < -0.39 is 0 Å². The molecule has 2 aromatic rings. The minimum absolute atomic E-state index is 0.293. The van der Waals surface area contributed by atoms with Crippen molar-refractivity contribution in [2.24, 2.45) is 7.05 Å². The molecule has 0 saturated carbocycles. The maximum atomic E-state index is 11.8. The summed E-state index contributed by atoms with van der Waals surface area (Å²) in [6, 6.07) is 7.66. The van der Waals surface area contributed by atoms with Gasteiger partial charge < -0.3 is 9.80 Å². The monoisotopic (exact) mass is 348 g/mol. The predicted molar refractivity (Wildman–Crippen MR) is 97.6 cm³/mol. The topological polar surface area (TPSA) is 61.3 Å². The minimum atomic E-state index is -0.387. The number of rotatable bonds is 3. The third-order valence-electron chi connectivity index (χ3n) is 4.53. The fourth-order valence-corrected chi connectivity index (χ4v) is 3.25. The number of benzene rings is 1. The van der Waals surface area contributed by atoms with E-state index in [0.717, 1.165) is 53.4 Å². The number of nitrogens with one attached hydrogen (secondary N) is 1. The summed E-state index contributed by atoms with van der Waals surface area (Å²) in [4.78, 5) is 30.6. The standard InChI is InChI=1S/C17H21ClN4O2/c1-3-12-4-5-13(10-14(12)18)21-6-8-22(9-7-21)15-11-16(23)20(2)17(24)19-15/h4-5,10-11H,3,6-9H2,1-2H3,(H,19,24). The first kappa shape index (κ1) is 16.6. The van der Waals surface area contributed by atoms with Crippen LogP contribution >= 0.6 is 11.6 Å². The van der Waals surface area contributed by atoms with Crippen molar-refractivity contribution in [3.63, 3.8) is 0 Å². The number of nitrogens with zero attached hydrogens (tertiary/aromatic N) is 3. The SMILES string of the molecule is CCc1ccc(N2CCN(c3cc(=O)n(C)c(=O)[nH]3)CC2)cc1Cl. The van der Waals surface area contributed by atoms with Crippen LogP contribution in [0.15, 0.2) is 33.9 Å². The molecule has 0 bridgehead atoms. The number of hydrogen-bond acceptors (Lipinski definition) is 4. The highest BCUT2D eigenvalue weighted by molar-refractivity contribution is 6.31. The van der Waals surface area contributed by atoms with Crippen LogP contribution in [0, 0.1) is 0 Å². The summed E-state index contributed by atoms with van der Waals surface area (Å²) >= 11 is 6.31. The maximum Gasteiger partial charge on any atom is 0.329 e. The molecule has 1 aromatic heterocycles. The molecule has 0 aliphatic carbocycles. The van der Waals surface area contributed by atoms with Gasteiger partial charge in [-0.3, -0.25) is 14.3 Å². The Balaban J connectivity index is 1.73. The summed E-state index contributed by atoms with van der Waals surface area (Å²) in [5.41, 5.74) is 1.58. The van der Waals surface area contributed by atoms with Crippen molar-refractivity contribution in [3.05, 3.63) is 55.7 Å². The number of aromatic nitrogens is 2. The molecule has 0 spiro atoms. The van der Waals surface area contributed by atoms with Crippen LogP contribution in [0.5, 0.6) is 0 Å². The third kappa shape index (κ3) is 3.19. The minimum Gasteiger partial charge on any atom is -0.368 e. The third-order valence-corrected chi connectivity index (χ3v) is 4.89. The molecule has 6 nitrogen and oxygen atoms in total. The van der Waals surface area contributed by atoms with Gasteiger partial charge in [-0.2, -0.15) is 0 Å². The van der Waals surface area contributed by atoms with Crippen LogP contribution in [0.2, 0.25) is 5.02 Å². The van der Waals surface area contributed by atoms with E-state index in [1.54, 1.807) is 0 Å². The van der Waals surface area contributed by atoms with Gasteiger partial charge in [-0.05, 0) is 24.1 Å². The van der Waals surface area contributed by atoms with E-state index in [2.05, 4.69) is 28.9 Å². The second-order valence-electron chi connectivity index (χ2n) is 5.96. The Hall–Kier alpha value is -2.21. The number of piperazine rings is 1. The van der Waals surface area contributed by atoms with Gasteiger partial charge in [0.15, 0.2) is 0 Å². The molecular formula is C17H21ClN4O2. The van der Waals surface area contributed by atoms with Gasteiger partial charge >= 0.3 is 5.69 Å². The van der Waals surface area contributed by atoms with E-state index in [1.165, 1.54) is 13.1 Å². The second-order valence-corrected chi connectivity index (χ2v) is 6.37. The van der Waals surface area contributed by atoms with Crippen molar-refractivity contribution in [1.82, 2.24) is 9.55 Å². The van der Waals surface area contributed by atoms with Crippen molar-refractivity contribution in [3.8, 4) is 0 Å². The summed E-state index contributed by atoms with van der Waals surface area (Å²) in [5.74, 6) is 0.585. The Bertz CT molecular complexity index is 819. The van der Waals surface area contributed by atoms with Crippen LogP contribution in [0.4, 0.5) is 11.5 Å². The molecule has 3 rings (SSSR count). The number of anilines is 2. The molecule has 1 aliphatic rings. The molecule has 2 heterocycles. The highest BCUT2D eigenvalue weighted by Gasteiger charge is 2.19. The van der Waals surface area contributed by atoms with Gasteiger partial charge in [0, 0.05) is 50.0 Å². The summed E-state index contributed by atoms with van der Waals surface area (Å²) < 4.78 is 1.07. The zero-order valence-electron chi connectivity index (χ0n) is 13.9. The first-order valence-electron chi connectivity index (χ1n) is 8.08. The van der Waals surface area contributed by atoms with Gasteiger partial charge in [0.1, 0.15) is 5.82 Å². The van der Waals surface area contributed by atoms with Crippen molar-refractivity contribution < 1.29 is 0 Å². The normalized spacial score (nSPS) is 15.0. The Kier molecular flexibility index (Phi) is 4.66. The average molecular weight is 349 g/mol. The maximum absolute atomic E-state index is 11.8. The predicted octanol–water partition coefficient (Wildman–Crippen LogP) is 1.62. The van der Waals surface area contributed by atoms with Gasteiger partial charge in [0.2, 0.25) is 0 Å². The van der Waals surface area contributed by atoms with Gasteiger partial charge in [-0.1, -0.05) is 24.6 Å². The number of aromatic amines is 1. The fraction of sp³-hybridized carbons (Fsp3) is 0.412. The van der Waals surface area contributed by atoms with Crippen LogP contribution in [0.25, 0.3) is 0 Å². The van der Waals surface area contributed by atoms with Crippen molar-refractivity contribution in [2.45, 2.75) is 13.3 Å². The lowest BCUT2D eigenvalue weighted by Gasteiger charge is -2.37. The van der Waals surface area contributed by atoms with Gasteiger partial charge in [-0.25, -0.2) is 4.79 Å². The summed E-state index contributed by atoms with van der Waals surface area (Å²) in [5, 5.41) is 0.799. The average Bonchev–Trinajstić information content (AvgIpc) is 2.59. The Morgan fingerprint density at radius 1 is 1.08 bits per heavy atom. The highest BCUT2D eigenvalue weighted by atomic mass is 35.5. The summed E-state index contributed by atoms with van der Waals surface area (Å²) in [6.45, 7) is 5.16. The number of aryl methyl sites for hydroxylation is 1. The van der Waals surface area contributed by atoms with E-state index in [-0.39, 0.29) is 11.2 Å². The zero-order valence-corrected chi connectivity index (χ0v) is 14.6. The lowest BCUT2D eigenvalue weighted by molar-refractivity contribution is 0.640. The zero-order chi connectivity index (χ0) is 17.3. The smallest absolute Gasteiger partial charge is 0.329 e. The highest BCUT2D eigenvalue weighted by Crippen LogP contribution is 2.25. The number of H-pyrrole nitrogens is 1. The molecule has 1 N–H and O–H groups in total. The molecule has 1 aromatic carbocycles.